The summed E-state index contributed by atoms with van der Waals surface area (Å²) < 4.78 is 11.4. The Morgan fingerprint density at radius 2 is 2.04 bits per heavy atom. The van der Waals surface area contributed by atoms with Gasteiger partial charge >= 0.3 is 0 Å². The first-order valence-corrected chi connectivity index (χ1v) is 9.95. The summed E-state index contributed by atoms with van der Waals surface area (Å²) in [5.74, 6) is 0.477. The molecule has 0 spiro atoms. The van der Waals surface area contributed by atoms with Gasteiger partial charge in [0.15, 0.2) is 0 Å². The van der Waals surface area contributed by atoms with Crippen molar-refractivity contribution in [3.8, 4) is 5.75 Å². The van der Waals surface area contributed by atoms with Crippen molar-refractivity contribution < 1.29 is 14.3 Å². The van der Waals surface area contributed by atoms with Gasteiger partial charge in [0.25, 0.3) is 5.91 Å². The van der Waals surface area contributed by atoms with Gasteiger partial charge in [-0.1, -0.05) is 29.8 Å². The molecule has 5 nitrogen and oxygen atoms in total. The zero-order valence-corrected chi connectivity index (χ0v) is 17.4. The van der Waals surface area contributed by atoms with Crippen LogP contribution >= 0.6 is 27.5 Å². The molecule has 0 saturated carbocycles. The summed E-state index contributed by atoms with van der Waals surface area (Å²) >= 11 is 9.88. The molecule has 0 aliphatic carbocycles. The highest BCUT2D eigenvalue weighted by Crippen LogP contribution is 2.28. The van der Waals surface area contributed by atoms with Crippen LogP contribution in [0.4, 0.5) is 0 Å². The van der Waals surface area contributed by atoms with E-state index in [1.54, 1.807) is 25.3 Å². The number of nitrogens with one attached hydrogen (secondary N) is 1. The maximum Gasteiger partial charge on any atom is 0.252 e. The number of morpholine rings is 1. The van der Waals surface area contributed by atoms with Crippen molar-refractivity contribution in [2.75, 3.05) is 40.0 Å². The topological polar surface area (TPSA) is 50.8 Å². The van der Waals surface area contributed by atoms with Crippen LogP contribution in [0.2, 0.25) is 5.02 Å². The van der Waals surface area contributed by atoms with Gasteiger partial charge in [-0.25, -0.2) is 0 Å². The van der Waals surface area contributed by atoms with E-state index in [1.165, 1.54) is 0 Å². The maximum atomic E-state index is 12.8. The Labute approximate surface area is 172 Å². The molecule has 1 atom stereocenters. The lowest BCUT2D eigenvalue weighted by Gasteiger charge is -2.35. The van der Waals surface area contributed by atoms with Gasteiger partial charge in [-0.05, 0) is 45.8 Å². The standard InChI is InChI=1S/C20H22BrClN2O3/c1-26-14-6-7-17(21)16(12-14)20(25)23-13-19(24-8-10-27-11-9-24)15-4-2-3-5-18(15)22/h2-7,12,19H,8-11,13H2,1H3,(H,23,25). The van der Waals surface area contributed by atoms with Crippen molar-refractivity contribution in [1.29, 1.82) is 0 Å². The molecule has 2 aromatic carbocycles. The highest BCUT2D eigenvalue weighted by Gasteiger charge is 2.25. The summed E-state index contributed by atoms with van der Waals surface area (Å²) in [4.78, 5) is 15.1. The lowest BCUT2D eigenvalue weighted by atomic mass is 10.0. The van der Waals surface area contributed by atoms with Gasteiger partial charge in [-0.15, -0.1) is 0 Å². The van der Waals surface area contributed by atoms with Gasteiger partial charge in [-0.2, -0.15) is 0 Å². The van der Waals surface area contributed by atoms with Crippen LogP contribution in [-0.4, -0.2) is 50.8 Å². The van der Waals surface area contributed by atoms with E-state index in [-0.39, 0.29) is 11.9 Å². The van der Waals surface area contributed by atoms with Gasteiger partial charge in [0.05, 0.1) is 31.9 Å². The number of nitrogens with zero attached hydrogens (tertiary/aromatic N) is 1. The van der Waals surface area contributed by atoms with Crippen molar-refractivity contribution in [2.45, 2.75) is 6.04 Å². The van der Waals surface area contributed by atoms with Crippen molar-refractivity contribution in [2.24, 2.45) is 0 Å². The number of rotatable bonds is 6. The molecule has 27 heavy (non-hydrogen) atoms. The van der Waals surface area contributed by atoms with Crippen LogP contribution in [0.5, 0.6) is 5.75 Å². The third-order valence-corrected chi connectivity index (χ3v) is 5.66. The number of hydrogen-bond acceptors (Lipinski definition) is 4. The molecule has 0 aromatic heterocycles. The lowest BCUT2D eigenvalue weighted by Crippen LogP contribution is -2.44. The number of carbonyl (C=O) groups excluding carboxylic acids is 1. The molecule has 1 aliphatic heterocycles. The Hall–Kier alpha value is -1.60. The molecule has 1 amide bonds. The smallest absolute Gasteiger partial charge is 0.252 e. The number of ether oxygens (including phenoxy) is 2. The molecule has 1 fully saturated rings. The number of amides is 1. The minimum absolute atomic E-state index is 0.0177. The number of methoxy groups -OCH3 is 1. The predicted octanol–water partition coefficient (Wildman–Crippen LogP) is 3.91. The molecular formula is C20H22BrClN2O3. The molecule has 1 saturated heterocycles. The van der Waals surface area contributed by atoms with Gasteiger partial charge in [-0.3, -0.25) is 9.69 Å². The molecule has 0 radical (unpaired) electrons. The number of benzene rings is 2. The third-order valence-electron chi connectivity index (χ3n) is 4.62. The molecule has 7 heteroatoms. The highest BCUT2D eigenvalue weighted by atomic mass is 79.9. The minimum atomic E-state index is -0.161. The fourth-order valence-electron chi connectivity index (χ4n) is 3.16. The van der Waals surface area contributed by atoms with Crippen LogP contribution < -0.4 is 10.1 Å². The van der Waals surface area contributed by atoms with Crippen LogP contribution in [0.25, 0.3) is 0 Å². The summed E-state index contributed by atoms with van der Waals surface area (Å²) in [5, 5.41) is 3.75. The Bertz CT molecular complexity index is 797. The molecule has 1 aliphatic rings. The van der Waals surface area contributed by atoms with Gasteiger partial charge in [0.1, 0.15) is 5.75 Å². The maximum absolute atomic E-state index is 12.8. The summed E-state index contributed by atoms with van der Waals surface area (Å²) in [7, 11) is 1.58. The van der Waals surface area contributed by atoms with Crippen molar-refractivity contribution >= 4 is 33.4 Å². The van der Waals surface area contributed by atoms with Crippen LogP contribution in [-0.2, 0) is 4.74 Å². The Kier molecular flexibility index (Phi) is 7.13. The molecule has 144 valence electrons. The van der Waals surface area contributed by atoms with Crippen LogP contribution in [0.15, 0.2) is 46.9 Å². The molecule has 1 unspecified atom stereocenters. The van der Waals surface area contributed by atoms with Crippen molar-refractivity contribution in [3.63, 3.8) is 0 Å². The van der Waals surface area contributed by atoms with Crippen molar-refractivity contribution in [3.05, 3.63) is 63.1 Å². The van der Waals surface area contributed by atoms with E-state index in [2.05, 4.69) is 26.1 Å². The quantitative estimate of drug-likeness (QED) is 0.720. The second kappa shape index (κ2) is 9.55. The minimum Gasteiger partial charge on any atom is -0.497 e. The second-order valence-electron chi connectivity index (χ2n) is 6.24. The van der Waals surface area contributed by atoms with E-state index in [4.69, 9.17) is 21.1 Å². The third kappa shape index (κ3) is 5.02. The second-order valence-corrected chi connectivity index (χ2v) is 7.50. The summed E-state index contributed by atoms with van der Waals surface area (Å²) in [5.41, 5.74) is 1.54. The SMILES string of the molecule is COc1ccc(Br)c(C(=O)NCC(c2ccccc2Cl)N2CCOCC2)c1. The van der Waals surface area contributed by atoms with E-state index in [1.807, 2.05) is 24.3 Å². The van der Waals surface area contributed by atoms with Gasteiger partial charge in [0.2, 0.25) is 0 Å². The number of halogens is 2. The van der Waals surface area contributed by atoms with E-state index in [0.29, 0.717) is 36.1 Å². The average Bonchev–Trinajstić information content (AvgIpc) is 2.70. The molecule has 2 aromatic rings. The van der Waals surface area contributed by atoms with Crippen LogP contribution in [0.3, 0.4) is 0 Å². The van der Waals surface area contributed by atoms with Gasteiger partial charge < -0.3 is 14.8 Å². The summed E-state index contributed by atoms with van der Waals surface area (Å²) in [6, 6.07) is 13.1. The first-order valence-electron chi connectivity index (χ1n) is 8.78. The Balaban J connectivity index is 1.78. The van der Waals surface area contributed by atoms with E-state index in [9.17, 15) is 4.79 Å². The van der Waals surface area contributed by atoms with Crippen molar-refractivity contribution in [1.82, 2.24) is 10.2 Å². The molecule has 3 rings (SSSR count). The predicted molar refractivity (Wildman–Crippen MR) is 110 cm³/mol. The molecular weight excluding hydrogens is 432 g/mol. The molecule has 0 bridgehead atoms. The van der Waals surface area contributed by atoms with Crippen LogP contribution in [0.1, 0.15) is 22.0 Å². The number of carbonyl (C=O) groups is 1. The number of hydrogen-bond donors (Lipinski definition) is 1. The summed E-state index contributed by atoms with van der Waals surface area (Å²) in [6.07, 6.45) is 0. The fourth-order valence-corrected chi connectivity index (χ4v) is 3.85. The van der Waals surface area contributed by atoms with E-state index < -0.39 is 0 Å². The Morgan fingerprint density at radius 3 is 2.74 bits per heavy atom. The normalized spacial score (nSPS) is 16.0. The molecule has 1 heterocycles. The average molecular weight is 454 g/mol. The zero-order valence-electron chi connectivity index (χ0n) is 15.1. The largest absolute Gasteiger partial charge is 0.497 e. The monoisotopic (exact) mass is 452 g/mol. The van der Waals surface area contributed by atoms with Gasteiger partial charge in [0, 0.05) is 29.1 Å². The molecule has 1 N–H and O–H groups in total. The van der Waals surface area contributed by atoms with E-state index in [0.717, 1.165) is 23.1 Å². The lowest BCUT2D eigenvalue weighted by molar-refractivity contribution is 0.0162. The highest BCUT2D eigenvalue weighted by molar-refractivity contribution is 9.10. The Morgan fingerprint density at radius 1 is 1.30 bits per heavy atom. The van der Waals surface area contributed by atoms with E-state index >= 15 is 0 Å². The first kappa shape index (κ1) is 20.1. The summed E-state index contributed by atoms with van der Waals surface area (Å²) in [6.45, 7) is 3.40. The first-order chi connectivity index (χ1) is 13.1. The fraction of sp³-hybridized carbons (Fsp3) is 0.350. The zero-order chi connectivity index (χ0) is 19.2. The van der Waals surface area contributed by atoms with Crippen LogP contribution in [0, 0.1) is 0 Å².